The zero-order valence-electron chi connectivity index (χ0n) is 15.4. The van der Waals surface area contributed by atoms with Crippen LogP contribution in [0.15, 0.2) is 65.5 Å². The summed E-state index contributed by atoms with van der Waals surface area (Å²) in [6.07, 6.45) is 0. The quantitative estimate of drug-likeness (QED) is 0.486. The van der Waals surface area contributed by atoms with Crippen LogP contribution in [0.2, 0.25) is 0 Å². The van der Waals surface area contributed by atoms with Gasteiger partial charge in [0.25, 0.3) is 5.56 Å². The Balaban J connectivity index is 1.68. The van der Waals surface area contributed by atoms with Crippen LogP contribution in [0.5, 0.6) is 0 Å². The Hall–Kier alpha value is -4.06. The van der Waals surface area contributed by atoms with Crippen LogP contribution >= 0.6 is 0 Å². The Morgan fingerprint density at radius 3 is 2.34 bits per heavy atom. The molecule has 140 valence electrons. The summed E-state index contributed by atoms with van der Waals surface area (Å²) in [5, 5.41) is 3.01. The van der Waals surface area contributed by atoms with Gasteiger partial charge in [-0.3, -0.25) is 14.4 Å². The zero-order chi connectivity index (χ0) is 20.1. The van der Waals surface area contributed by atoms with Crippen LogP contribution in [0, 0.1) is 6.92 Å². The molecule has 0 radical (unpaired) electrons. The number of carbonyl (C=O) groups is 2. The van der Waals surface area contributed by atoms with Crippen molar-refractivity contribution in [2.45, 2.75) is 6.92 Å². The van der Waals surface area contributed by atoms with E-state index in [0.29, 0.717) is 16.6 Å². The van der Waals surface area contributed by atoms with Crippen LogP contribution in [-0.4, -0.2) is 21.5 Å². The van der Waals surface area contributed by atoms with Crippen molar-refractivity contribution in [1.29, 1.82) is 0 Å². The highest BCUT2D eigenvalue weighted by atomic mass is 16.1. The number of benzene rings is 3. The third kappa shape index (κ3) is 2.65. The minimum Gasteiger partial charge on any atom is -0.336 e. The van der Waals surface area contributed by atoms with Gasteiger partial charge in [0.2, 0.25) is 0 Å². The molecular weight excluding hydrogens is 366 g/mol. The molecule has 29 heavy (non-hydrogen) atoms. The van der Waals surface area contributed by atoms with Crippen molar-refractivity contribution in [2.24, 2.45) is 0 Å². The molecule has 5 rings (SSSR count). The molecule has 1 aliphatic rings. The second kappa shape index (κ2) is 6.24. The molecule has 0 fully saturated rings. The molecule has 0 unspecified atom stereocenters. The number of ketones is 2. The lowest BCUT2D eigenvalue weighted by Gasteiger charge is -2.18. The Labute approximate surface area is 165 Å². The molecule has 3 aromatic carbocycles. The maximum atomic E-state index is 13.1. The SMILES string of the molecule is Cc1cccc(Nc2nc3ccc4c(c3[nH]c2=O)C(=O)c2ccccc2C4=O)c1. The number of anilines is 2. The summed E-state index contributed by atoms with van der Waals surface area (Å²) in [5.41, 5.74) is 3.19. The van der Waals surface area contributed by atoms with Gasteiger partial charge < -0.3 is 10.3 Å². The predicted octanol–water partition coefficient (Wildman–Crippen LogP) is 3.75. The number of nitrogens with one attached hydrogen (secondary N) is 2. The summed E-state index contributed by atoms with van der Waals surface area (Å²) in [7, 11) is 0. The van der Waals surface area contributed by atoms with E-state index in [1.165, 1.54) is 0 Å². The topological polar surface area (TPSA) is 91.9 Å². The van der Waals surface area contributed by atoms with Crippen molar-refractivity contribution < 1.29 is 9.59 Å². The molecule has 2 N–H and O–H groups in total. The standard InChI is InChI=1S/C23H15N3O3/c1-12-5-4-6-13(11-12)24-22-23(29)26-19-17(25-22)10-9-16-18(19)21(28)15-8-3-2-7-14(15)20(16)27/h2-11H,1H3,(H,24,25)(H,26,29). The predicted molar refractivity (Wildman–Crippen MR) is 110 cm³/mol. The van der Waals surface area contributed by atoms with Gasteiger partial charge in [0.1, 0.15) is 0 Å². The van der Waals surface area contributed by atoms with Crippen LogP contribution in [0.4, 0.5) is 11.5 Å². The van der Waals surface area contributed by atoms with E-state index in [4.69, 9.17) is 0 Å². The summed E-state index contributed by atoms with van der Waals surface area (Å²) in [4.78, 5) is 45.7. The Bertz CT molecular complexity index is 1400. The second-order valence-corrected chi connectivity index (χ2v) is 7.00. The largest absolute Gasteiger partial charge is 0.336 e. The van der Waals surface area contributed by atoms with Crippen LogP contribution < -0.4 is 10.9 Å². The van der Waals surface area contributed by atoms with Gasteiger partial charge in [-0.1, -0.05) is 36.4 Å². The highest BCUT2D eigenvalue weighted by Crippen LogP contribution is 2.31. The van der Waals surface area contributed by atoms with Gasteiger partial charge in [-0.2, -0.15) is 0 Å². The molecule has 6 nitrogen and oxygen atoms in total. The van der Waals surface area contributed by atoms with E-state index < -0.39 is 5.56 Å². The first-order valence-corrected chi connectivity index (χ1v) is 9.12. The maximum absolute atomic E-state index is 13.1. The molecule has 4 aromatic rings. The number of rotatable bonds is 2. The lowest BCUT2D eigenvalue weighted by molar-refractivity contribution is 0.0980. The minimum atomic E-state index is -0.466. The van der Waals surface area contributed by atoms with Gasteiger partial charge in [-0.05, 0) is 36.8 Å². The Morgan fingerprint density at radius 1 is 0.828 bits per heavy atom. The molecule has 1 heterocycles. The lowest BCUT2D eigenvalue weighted by Crippen LogP contribution is -2.23. The fraction of sp³-hybridized carbons (Fsp3) is 0.0435. The highest BCUT2D eigenvalue weighted by Gasteiger charge is 2.31. The summed E-state index contributed by atoms with van der Waals surface area (Å²) in [6.45, 7) is 1.95. The van der Waals surface area contributed by atoms with Gasteiger partial charge in [0, 0.05) is 22.4 Å². The van der Waals surface area contributed by atoms with E-state index in [2.05, 4.69) is 15.3 Å². The number of hydrogen-bond donors (Lipinski definition) is 2. The van der Waals surface area contributed by atoms with E-state index in [1.54, 1.807) is 36.4 Å². The monoisotopic (exact) mass is 381 g/mol. The van der Waals surface area contributed by atoms with E-state index in [0.717, 1.165) is 11.3 Å². The molecule has 0 aliphatic heterocycles. The van der Waals surface area contributed by atoms with E-state index in [9.17, 15) is 14.4 Å². The van der Waals surface area contributed by atoms with Crippen molar-refractivity contribution >= 4 is 34.1 Å². The zero-order valence-corrected chi connectivity index (χ0v) is 15.4. The van der Waals surface area contributed by atoms with Crippen molar-refractivity contribution in [3.05, 3.63) is 98.8 Å². The maximum Gasteiger partial charge on any atom is 0.291 e. The molecule has 0 saturated carbocycles. The number of hydrogen-bond acceptors (Lipinski definition) is 5. The lowest BCUT2D eigenvalue weighted by atomic mass is 9.83. The van der Waals surface area contributed by atoms with Gasteiger partial charge in [-0.25, -0.2) is 4.98 Å². The minimum absolute atomic E-state index is 0.123. The van der Waals surface area contributed by atoms with Crippen LogP contribution in [0.25, 0.3) is 11.0 Å². The van der Waals surface area contributed by atoms with Crippen LogP contribution in [0.3, 0.4) is 0 Å². The molecular formula is C23H15N3O3. The third-order valence-corrected chi connectivity index (χ3v) is 5.04. The average Bonchev–Trinajstić information content (AvgIpc) is 2.72. The normalized spacial score (nSPS) is 12.6. The summed E-state index contributed by atoms with van der Waals surface area (Å²) in [6, 6.07) is 17.5. The summed E-state index contributed by atoms with van der Waals surface area (Å²) >= 11 is 0. The molecule has 0 amide bonds. The fourth-order valence-electron chi connectivity index (χ4n) is 3.68. The highest BCUT2D eigenvalue weighted by molar-refractivity contribution is 6.31. The number of H-pyrrole nitrogens is 1. The van der Waals surface area contributed by atoms with E-state index in [-0.39, 0.29) is 34.0 Å². The molecule has 0 bridgehead atoms. The number of carbonyl (C=O) groups excluding carboxylic acids is 2. The van der Waals surface area contributed by atoms with Crippen molar-refractivity contribution in [3.63, 3.8) is 0 Å². The first-order chi connectivity index (χ1) is 14.0. The number of aryl methyl sites for hydroxylation is 1. The first-order valence-electron chi connectivity index (χ1n) is 9.12. The van der Waals surface area contributed by atoms with Gasteiger partial charge in [0.05, 0.1) is 16.6 Å². The molecule has 0 saturated heterocycles. The number of nitrogens with zero attached hydrogens (tertiary/aromatic N) is 1. The average molecular weight is 381 g/mol. The summed E-state index contributed by atoms with van der Waals surface area (Å²) < 4.78 is 0. The first kappa shape index (κ1) is 17.1. The van der Waals surface area contributed by atoms with Crippen LogP contribution in [-0.2, 0) is 0 Å². The Morgan fingerprint density at radius 2 is 1.59 bits per heavy atom. The van der Waals surface area contributed by atoms with Gasteiger partial charge in [-0.15, -0.1) is 0 Å². The smallest absolute Gasteiger partial charge is 0.291 e. The van der Waals surface area contributed by atoms with Gasteiger partial charge in [0.15, 0.2) is 17.4 Å². The van der Waals surface area contributed by atoms with Gasteiger partial charge >= 0.3 is 0 Å². The second-order valence-electron chi connectivity index (χ2n) is 7.00. The Kier molecular flexibility index (Phi) is 3.67. The van der Waals surface area contributed by atoms with Crippen molar-refractivity contribution in [3.8, 4) is 0 Å². The fourth-order valence-corrected chi connectivity index (χ4v) is 3.68. The molecule has 0 atom stereocenters. The number of aromatic nitrogens is 2. The number of fused-ring (bicyclic) bond motifs is 4. The van der Waals surface area contributed by atoms with E-state index >= 15 is 0 Å². The van der Waals surface area contributed by atoms with Crippen molar-refractivity contribution in [2.75, 3.05) is 5.32 Å². The summed E-state index contributed by atoms with van der Waals surface area (Å²) in [5.74, 6) is -0.407. The molecule has 6 heteroatoms. The van der Waals surface area contributed by atoms with E-state index in [1.807, 2.05) is 31.2 Å². The number of aromatic amines is 1. The molecule has 1 aliphatic carbocycles. The van der Waals surface area contributed by atoms with Crippen molar-refractivity contribution in [1.82, 2.24) is 9.97 Å². The van der Waals surface area contributed by atoms with Crippen LogP contribution in [0.1, 0.15) is 37.4 Å². The third-order valence-electron chi connectivity index (χ3n) is 5.04. The molecule has 0 spiro atoms. The molecule has 1 aromatic heterocycles.